The third kappa shape index (κ3) is 5.87. The summed E-state index contributed by atoms with van der Waals surface area (Å²) in [4.78, 5) is 15.0. The Hall–Kier alpha value is -2.28. The molecule has 7 nitrogen and oxygen atoms in total. The van der Waals surface area contributed by atoms with Crippen molar-refractivity contribution >= 4 is 11.9 Å². The van der Waals surface area contributed by atoms with Crippen LogP contribution >= 0.6 is 0 Å². The van der Waals surface area contributed by atoms with E-state index in [0.717, 1.165) is 75.2 Å². The van der Waals surface area contributed by atoms with Crippen LogP contribution in [0, 0.1) is 40.4 Å². The molecule has 8 rings (SSSR count). The normalized spacial score (nSPS) is 36.0. The van der Waals surface area contributed by atoms with Gasteiger partial charge in [0.25, 0.3) is 0 Å². The van der Waals surface area contributed by atoms with Gasteiger partial charge in [-0.2, -0.15) is 0 Å². The van der Waals surface area contributed by atoms with E-state index in [1.54, 1.807) is 0 Å². The van der Waals surface area contributed by atoms with Gasteiger partial charge in [0.1, 0.15) is 0 Å². The summed E-state index contributed by atoms with van der Waals surface area (Å²) in [5, 5.41) is 9.86. The molecule has 3 aliphatic heterocycles. The summed E-state index contributed by atoms with van der Waals surface area (Å²) in [5.41, 5.74) is 8.34. The van der Waals surface area contributed by atoms with E-state index in [1.807, 2.05) is 0 Å². The highest BCUT2D eigenvalue weighted by atomic mass is 15.5. The molecule has 4 aliphatic carbocycles. The molecule has 242 valence electrons. The summed E-state index contributed by atoms with van der Waals surface area (Å²) >= 11 is 0. The predicted molar refractivity (Wildman–Crippen MR) is 180 cm³/mol. The first-order valence-electron chi connectivity index (χ1n) is 18.2. The van der Waals surface area contributed by atoms with Crippen molar-refractivity contribution in [1.29, 1.82) is 5.41 Å². The van der Waals surface area contributed by atoms with Gasteiger partial charge in [-0.25, -0.2) is 0 Å². The fraction of sp³-hybridized carbons (Fsp3) is 0.784. The highest BCUT2D eigenvalue weighted by Crippen LogP contribution is 2.60. The Bertz CT molecular complexity index is 1160. The number of benzene rings is 1. The highest BCUT2D eigenvalue weighted by Gasteiger charge is 2.54. The maximum Gasteiger partial charge on any atom is 0.195 e. The number of nitrogens with zero attached hydrogens (tertiary/aromatic N) is 5. The average molecular weight is 602 g/mol. The Balaban J connectivity index is 1.15. The third-order valence-electron chi connectivity index (χ3n) is 12.5. The molecular formula is C37H59N7. The fourth-order valence-corrected chi connectivity index (χ4v) is 11.0. The maximum atomic E-state index is 9.86. The predicted octanol–water partition coefficient (Wildman–Crippen LogP) is 5.86. The van der Waals surface area contributed by atoms with E-state index >= 15 is 0 Å². The molecule has 4 saturated carbocycles. The molecule has 4 atom stereocenters. The van der Waals surface area contributed by atoms with E-state index in [2.05, 4.69) is 77.6 Å². The topological polar surface area (TPSA) is 75.2 Å². The quantitative estimate of drug-likeness (QED) is 0.333. The van der Waals surface area contributed by atoms with Gasteiger partial charge in [0.2, 0.25) is 0 Å². The van der Waals surface area contributed by atoms with Crippen LogP contribution in [0.2, 0.25) is 0 Å². The second-order valence-electron chi connectivity index (χ2n) is 16.7. The molecule has 2 saturated heterocycles. The number of nitrogens with one attached hydrogen (secondary N) is 1. The van der Waals surface area contributed by atoms with Crippen molar-refractivity contribution in [3.05, 3.63) is 35.9 Å². The fourth-order valence-electron chi connectivity index (χ4n) is 11.0. The molecule has 0 spiro atoms. The number of nitrogens with two attached hydrogens (primary N) is 1. The Kier molecular flexibility index (Phi) is 8.39. The number of hydrogen-bond acceptors (Lipinski definition) is 5. The largest absolute Gasteiger partial charge is 0.370 e. The van der Waals surface area contributed by atoms with Gasteiger partial charge >= 0.3 is 0 Å². The summed E-state index contributed by atoms with van der Waals surface area (Å²) in [6.45, 7) is 14.3. The van der Waals surface area contributed by atoms with E-state index < -0.39 is 0 Å². The number of hydrogen-bond donors (Lipinski definition) is 2. The van der Waals surface area contributed by atoms with Crippen molar-refractivity contribution in [2.45, 2.75) is 116 Å². The molecule has 7 heteroatoms. The molecule has 0 radical (unpaired) electrons. The van der Waals surface area contributed by atoms with Crippen LogP contribution in [0.25, 0.3) is 0 Å². The van der Waals surface area contributed by atoms with Gasteiger partial charge in [0.15, 0.2) is 11.9 Å². The van der Waals surface area contributed by atoms with E-state index in [4.69, 9.17) is 10.7 Å². The van der Waals surface area contributed by atoms with E-state index in [-0.39, 0.29) is 6.17 Å². The molecule has 1 aromatic rings. The van der Waals surface area contributed by atoms with Crippen LogP contribution < -0.4 is 5.73 Å². The first-order valence-corrected chi connectivity index (χ1v) is 18.2. The summed E-state index contributed by atoms with van der Waals surface area (Å²) < 4.78 is 0. The molecule has 0 unspecified atom stereocenters. The zero-order chi connectivity index (χ0) is 30.6. The minimum Gasteiger partial charge on any atom is -0.370 e. The van der Waals surface area contributed by atoms with E-state index in [9.17, 15) is 5.41 Å². The van der Waals surface area contributed by atoms with Crippen LogP contribution in [0.15, 0.2) is 35.3 Å². The van der Waals surface area contributed by atoms with Gasteiger partial charge in [-0.1, -0.05) is 58.0 Å². The van der Waals surface area contributed by atoms with Crippen LogP contribution in [-0.4, -0.2) is 88.5 Å². The molecule has 1 aromatic carbocycles. The van der Waals surface area contributed by atoms with Gasteiger partial charge < -0.3 is 20.4 Å². The molecule has 7 aliphatic rings. The van der Waals surface area contributed by atoms with E-state index in [1.165, 1.54) is 56.9 Å². The minimum absolute atomic E-state index is 0.185. The van der Waals surface area contributed by atoms with Gasteiger partial charge in [-0.05, 0) is 98.4 Å². The monoisotopic (exact) mass is 601 g/mol. The highest BCUT2D eigenvalue weighted by molar-refractivity contribution is 5.81. The lowest BCUT2D eigenvalue weighted by Gasteiger charge is -2.58. The second-order valence-corrected chi connectivity index (χ2v) is 16.7. The first-order chi connectivity index (χ1) is 21.2. The summed E-state index contributed by atoms with van der Waals surface area (Å²) in [6, 6.07) is 12.3. The minimum atomic E-state index is 0.185. The van der Waals surface area contributed by atoms with E-state index in [0.29, 0.717) is 35.4 Å². The third-order valence-corrected chi connectivity index (χ3v) is 12.5. The van der Waals surface area contributed by atoms with Crippen molar-refractivity contribution in [2.24, 2.45) is 45.7 Å². The Morgan fingerprint density at radius 1 is 0.955 bits per heavy atom. The molecule has 0 amide bonds. The zero-order valence-corrected chi connectivity index (χ0v) is 28.0. The number of aliphatic imine (C=N–C) groups is 1. The number of rotatable bonds is 11. The lowest BCUT2D eigenvalue weighted by molar-refractivity contribution is -0.0648. The van der Waals surface area contributed by atoms with Gasteiger partial charge in [-0.15, -0.1) is 0 Å². The van der Waals surface area contributed by atoms with Gasteiger partial charge in [0.05, 0.1) is 24.8 Å². The zero-order valence-electron chi connectivity index (χ0n) is 28.0. The van der Waals surface area contributed by atoms with Crippen LogP contribution in [0.3, 0.4) is 0 Å². The van der Waals surface area contributed by atoms with Gasteiger partial charge in [-0.3, -0.25) is 15.3 Å². The standard InChI is InChI=1S/C37H59N7/c1-25(2)13-32-21-40-35(38)42(32)22-31-11-8-12-41(31)34(17-27-9-6-5-7-10-27)43-23-33(26(3)4)44(36(43)39)24-37-18-28-14-29(19-37)16-30(15-28)20-37/h5-7,9-10,25-26,28-34,39H,8,11-24H2,1-4H3,(H2,38,40)/t28?,29?,30?,31-,32+,33-,34+,37?/m0/s1. The SMILES string of the molecule is CC(C)C[C@@H]1CN=C(N)N1C[C@@H]1CCCN1[C@@H](Cc1ccccc1)N1C[C@@H](C(C)C)N(CC23CC4CC(CC(C4)C2)C3)C1=N. The van der Waals surface area contributed by atoms with Crippen LogP contribution in [0.5, 0.6) is 0 Å². The Morgan fingerprint density at radius 3 is 2.27 bits per heavy atom. The molecule has 3 N–H and O–H groups in total. The average Bonchev–Trinajstić information content (AvgIpc) is 3.66. The molecule has 0 aromatic heterocycles. The van der Waals surface area contributed by atoms with Crippen LogP contribution in [-0.2, 0) is 6.42 Å². The summed E-state index contributed by atoms with van der Waals surface area (Å²) in [5.74, 6) is 5.53. The molecule has 44 heavy (non-hydrogen) atoms. The second kappa shape index (κ2) is 12.1. The first kappa shape index (κ1) is 30.4. The Morgan fingerprint density at radius 2 is 1.64 bits per heavy atom. The van der Waals surface area contributed by atoms with Crippen LogP contribution in [0.1, 0.15) is 91.0 Å². The molecule has 6 fully saturated rings. The number of likely N-dealkylation sites (tertiary alicyclic amines) is 1. The summed E-state index contributed by atoms with van der Waals surface area (Å²) in [6.07, 6.45) is 13.3. The van der Waals surface area contributed by atoms with Crippen LogP contribution in [0.4, 0.5) is 0 Å². The molecule has 3 heterocycles. The number of guanidine groups is 2. The van der Waals surface area contributed by atoms with Crippen molar-refractivity contribution in [3.8, 4) is 0 Å². The van der Waals surface area contributed by atoms with Gasteiger partial charge in [0, 0.05) is 38.6 Å². The van der Waals surface area contributed by atoms with Crippen molar-refractivity contribution in [3.63, 3.8) is 0 Å². The van der Waals surface area contributed by atoms with Crippen molar-refractivity contribution in [1.82, 2.24) is 19.6 Å². The van der Waals surface area contributed by atoms with Crippen molar-refractivity contribution < 1.29 is 0 Å². The maximum absolute atomic E-state index is 9.86. The van der Waals surface area contributed by atoms with Crippen molar-refractivity contribution in [2.75, 3.05) is 32.7 Å². The molecular weight excluding hydrogens is 542 g/mol. The lowest BCUT2D eigenvalue weighted by atomic mass is 9.49. The lowest BCUT2D eigenvalue weighted by Crippen LogP contribution is -2.57. The molecule has 4 bridgehead atoms. The summed E-state index contributed by atoms with van der Waals surface area (Å²) in [7, 11) is 0. The Labute approximate surface area is 267 Å². The smallest absolute Gasteiger partial charge is 0.195 e.